The first kappa shape index (κ1) is 23.0. The monoisotopic (exact) mass is 461 g/mol. The summed E-state index contributed by atoms with van der Waals surface area (Å²) in [4.78, 5) is 4.37. The van der Waals surface area contributed by atoms with Crippen LogP contribution in [0.5, 0.6) is 11.5 Å². The molecule has 0 aliphatic carbocycles. The van der Waals surface area contributed by atoms with Gasteiger partial charge < -0.3 is 15.2 Å². The SMILES string of the molecule is COc1ccc(C2(c3cccc(OCCCF)c3)NC(N)c3ncccc32)cc1C(F)(F)F. The number of fused-ring (bicyclic) bond motifs is 1. The van der Waals surface area contributed by atoms with E-state index in [-0.39, 0.29) is 18.8 Å². The van der Waals surface area contributed by atoms with Crippen molar-refractivity contribution in [1.29, 1.82) is 0 Å². The second-order valence-electron chi connectivity index (χ2n) is 7.64. The number of nitrogens with two attached hydrogens (primary N) is 1. The number of aromatic nitrogens is 1. The molecule has 5 nitrogen and oxygen atoms in total. The van der Waals surface area contributed by atoms with E-state index < -0.39 is 30.1 Å². The Morgan fingerprint density at radius 3 is 2.61 bits per heavy atom. The van der Waals surface area contributed by atoms with Gasteiger partial charge >= 0.3 is 6.18 Å². The lowest BCUT2D eigenvalue weighted by atomic mass is 9.78. The van der Waals surface area contributed by atoms with Crippen LogP contribution < -0.4 is 20.5 Å². The van der Waals surface area contributed by atoms with E-state index in [4.69, 9.17) is 15.2 Å². The third-order valence-corrected chi connectivity index (χ3v) is 5.66. The van der Waals surface area contributed by atoms with Gasteiger partial charge in [0.25, 0.3) is 0 Å². The van der Waals surface area contributed by atoms with Gasteiger partial charge in [0.15, 0.2) is 0 Å². The molecule has 0 saturated carbocycles. The normalized spacial score (nSPS) is 19.9. The summed E-state index contributed by atoms with van der Waals surface area (Å²) >= 11 is 0. The number of alkyl halides is 4. The van der Waals surface area contributed by atoms with Gasteiger partial charge in [0.05, 0.1) is 37.2 Å². The minimum atomic E-state index is -4.63. The molecule has 3 aromatic rings. The quantitative estimate of drug-likeness (QED) is 0.394. The molecule has 9 heteroatoms. The van der Waals surface area contributed by atoms with E-state index in [1.165, 1.54) is 13.2 Å². The zero-order valence-corrected chi connectivity index (χ0v) is 17.8. The highest BCUT2D eigenvalue weighted by Gasteiger charge is 2.47. The Bertz CT molecular complexity index is 1140. The summed E-state index contributed by atoms with van der Waals surface area (Å²) in [6.45, 7) is -0.329. The van der Waals surface area contributed by atoms with Crippen LogP contribution >= 0.6 is 0 Å². The molecule has 2 atom stereocenters. The van der Waals surface area contributed by atoms with Crippen LogP contribution in [0.1, 0.15) is 40.5 Å². The number of benzene rings is 2. The number of nitrogens with one attached hydrogen (secondary N) is 1. The Labute approximate surface area is 188 Å². The Morgan fingerprint density at radius 1 is 1.09 bits per heavy atom. The molecule has 0 bridgehead atoms. The first-order valence-corrected chi connectivity index (χ1v) is 10.3. The van der Waals surface area contributed by atoms with E-state index in [0.717, 1.165) is 6.07 Å². The zero-order chi connectivity index (χ0) is 23.6. The number of hydrogen-bond acceptors (Lipinski definition) is 5. The Balaban J connectivity index is 1.94. The molecule has 0 radical (unpaired) electrons. The lowest BCUT2D eigenvalue weighted by Gasteiger charge is -2.33. The molecule has 1 aromatic heterocycles. The van der Waals surface area contributed by atoms with E-state index >= 15 is 0 Å². The summed E-state index contributed by atoms with van der Waals surface area (Å²) in [5, 5.41) is 3.27. The average Bonchev–Trinajstić information content (AvgIpc) is 3.12. The average molecular weight is 461 g/mol. The van der Waals surface area contributed by atoms with Crippen molar-refractivity contribution in [3.8, 4) is 11.5 Å². The fraction of sp³-hybridized carbons (Fsp3) is 0.292. The highest BCUT2D eigenvalue weighted by atomic mass is 19.4. The minimum Gasteiger partial charge on any atom is -0.496 e. The van der Waals surface area contributed by atoms with Crippen LogP contribution in [-0.4, -0.2) is 25.4 Å². The number of nitrogens with zero attached hydrogens (tertiary/aromatic N) is 1. The highest BCUT2D eigenvalue weighted by Crippen LogP contribution is 2.47. The molecule has 1 aliphatic rings. The maximum absolute atomic E-state index is 13.9. The maximum atomic E-state index is 13.9. The zero-order valence-electron chi connectivity index (χ0n) is 17.8. The fourth-order valence-corrected chi connectivity index (χ4v) is 4.23. The largest absolute Gasteiger partial charge is 0.496 e. The van der Waals surface area contributed by atoms with Crippen molar-refractivity contribution in [3.05, 3.63) is 88.7 Å². The molecule has 2 aromatic carbocycles. The molecule has 0 fully saturated rings. The standard InChI is InChI=1S/C24H23F4N3O2/c1-32-20-9-8-16(14-19(20)24(26,27)28)23(18-7-3-11-30-21(18)22(29)31-23)15-5-2-6-17(13-15)33-12-4-10-25/h2-3,5-9,11,13-14,22,31H,4,10,12,29H2,1H3. The first-order valence-electron chi connectivity index (χ1n) is 10.3. The molecule has 0 spiro atoms. The van der Waals surface area contributed by atoms with E-state index in [1.807, 2.05) is 0 Å². The van der Waals surface area contributed by atoms with Crippen LogP contribution in [0.25, 0.3) is 0 Å². The molecule has 2 unspecified atom stereocenters. The van der Waals surface area contributed by atoms with Gasteiger partial charge in [-0.1, -0.05) is 24.3 Å². The number of ether oxygens (including phenoxy) is 2. The number of methoxy groups -OCH3 is 1. The van der Waals surface area contributed by atoms with Crippen molar-refractivity contribution in [3.63, 3.8) is 0 Å². The summed E-state index contributed by atoms with van der Waals surface area (Å²) < 4.78 is 64.7. The van der Waals surface area contributed by atoms with Gasteiger partial charge in [-0.3, -0.25) is 14.7 Å². The predicted molar refractivity (Wildman–Crippen MR) is 115 cm³/mol. The van der Waals surface area contributed by atoms with E-state index in [9.17, 15) is 17.6 Å². The maximum Gasteiger partial charge on any atom is 0.419 e. The summed E-state index contributed by atoms with van der Waals surface area (Å²) in [7, 11) is 1.20. The van der Waals surface area contributed by atoms with Crippen LogP contribution in [0.2, 0.25) is 0 Å². The Kier molecular flexibility index (Phi) is 6.27. The first-order chi connectivity index (χ1) is 15.8. The van der Waals surface area contributed by atoms with E-state index in [2.05, 4.69) is 10.3 Å². The number of halogens is 4. The number of rotatable bonds is 7. The molecule has 4 rings (SSSR count). The van der Waals surface area contributed by atoms with Crippen molar-refractivity contribution >= 4 is 0 Å². The van der Waals surface area contributed by atoms with Gasteiger partial charge in [0.2, 0.25) is 0 Å². The van der Waals surface area contributed by atoms with Gasteiger partial charge in [0, 0.05) is 18.2 Å². The molecule has 33 heavy (non-hydrogen) atoms. The Morgan fingerprint density at radius 2 is 1.88 bits per heavy atom. The van der Waals surface area contributed by atoms with Gasteiger partial charge in [0.1, 0.15) is 17.7 Å². The molecule has 0 saturated heterocycles. The second kappa shape index (κ2) is 8.99. The number of hydrogen-bond donors (Lipinski definition) is 2. The summed E-state index contributed by atoms with van der Waals surface area (Å²) in [6, 6.07) is 14.4. The van der Waals surface area contributed by atoms with Crippen molar-refractivity contribution in [2.75, 3.05) is 20.4 Å². The molecule has 3 N–H and O–H groups in total. The molecular weight excluding hydrogens is 438 g/mol. The Hall–Kier alpha value is -3.17. The van der Waals surface area contributed by atoms with Crippen LogP contribution in [0.15, 0.2) is 60.8 Å². The fourth-order valence-electron chi connectivity index (χ4n) is 4.23. The third-order valence-electron chi connectivity index (χ3n) is 5.66. The highest BCUT2D eigenvalue weighted by molar-refractivity contribution is 5.57. The van der Waals surface area contributed by atoms with Gasteiger partial charge in [-0.15, -0.1) is 0 Å². The van der Waals surface area contributed by atoms with Crippen LogP contribution in [0.4, 0.5) is 17.6 Å². The molecule has 2 heterocycles. The summed E-state index contributed by atoms with van der Waals surface area (Å²) in [6.07, 6.45) is -3.52. The third kappa shape index (κ3) is 4.14. The van der Waals surface area contributed by atoms with Crippen molar-refractivity contribution in [2.24, 2.45) is 5.73 Å². The number of pyridine rings is 1. The van der Waals surface area contributed by atoms with Gasteiger partial charge in [-0.25, -0.2) is 0 Å². The lowest BCUT2D eigenvalue weighted by Crippen LogP contribution is -2.42. The predicted octanol–water partition coefficient (Wildman–Crippen LogP) is 4.70. The molecule has 0 amide bonds. The van der Waals surface area contributed by atoms with Gasteiger partial charge in [-0.2, -0.15) is 13.2 Å². The second-order valence-corrected chi connectivity index (χ2v) is 7.64. The van der Waals surface area contributed by atoms with Crippen LogP contribution in [-0.2, 0) is 11.7 Å². The molecular formula is C24H23F4N3O2. The van der Waals surface area contributed by atoms with Crippen LogP contribution in [0, 0.1) is 0 Å². The molecule has 1 aliphatic heterocycles. The van der Waals surface area contributed by atoms with Crippen LogP contribution in [0.3, 0.4) is 0 Å². The minimum absolute atomic E-state index is 0.179. The van der Waals surface area contributed by atoms with Gasteiger partial charge in [-0.05, 0) is 41.5 Å². The van der Waals surface area contributed by atoms with Crippen molar-refractivity contribution in [2.45, 2.75) is 24.3 Å². The smallest absolute Gasteiger partial charge is 0.419 e. The molecule has 174 valence electrons. The summed E-state index contributed by atoms with van der Waals surface area (Å²) in [5.74, 6) is 0.191. The van der Waals surface area contributed by atoms with E-state index in [0.29, 0.717) is 28.1 Å². The van der Waals surface area contributed by atoms with E-state index in [1.54, 1.807) is 48.7 Å². The topological polar surface area (TPSA) is 69.4 Å². The van der Waals surface area contributed by atoms with Crippen molar-refractivity contribution < 1.29 is 27.0 Å². The van der Waals surface area contributed by atoms with Crippen molar-refractivity contribution in [1.82, 2.24) is 10.3 Å². The lowest BCUT2D eigenvalue weighted by molar-refractivity contribution is -0.138. The summed E-state index contributed by atoms with van der Waals surface area (Å²) in [5.41, 5.74) is 6.29.